The molecule has 2 aromatic carbocycles. The molecule has 0 aliphatic rings. The van der Waals surface area contributed by atoms with Crippen molar-refractivity contribution in [3.63, 3.8) is 0 Å². The van der Waals surface area contributed by atoms with Crippen LogP contribution in [0.2, 0.25) is 0 Å². The van der Waals surface area contributed by atoms with Gasteiger partial charge < -0.3 is 10.2 Å². The Hall–Kier alpha value is -1.89. The Bertz CT molecular complexity index is 873. The molecule has 3 aromatic rings. The Kier molecular flexibility index (Phi) is 7.48. The number of benzene rings is 2. The minimum absolute atomic E-state index is 0.0724. The van der Waals surface area contributed by atoms with E-state index >= 15 is 0 Å². The molecule has 0 radical (unpaired) electrons. The third-order valence-corrected chi connectivity index (χ3v) is 6.85. The zero-order chi connectivity index (χ0) is 19.9. The first kappa shape index (κ1) is 20.8. The van der Waals surface area contributed by atoms with Crippen LogP contribution in [0.3, 0.4) is 0 Å². The number of likely N-dealkylation sites (N-methyl/N-ethyl adjacent to an activating group) is 1. The van der Waals surface area contributed by atoms with Crippen molar-refractivity contribution < 1.29 is 4.79 Å². The van der Waals surface area contributed by atoms with E-state index < -0.39 is 0 Å². The zero-order valence-electron chi connectivity index (χ0n) is 16.6. The van der Waals surface area contributed by atoms with Crippen molar-refractivity contribution in [3.05, 3.63) is 64.7 Å². The highest BCUT2D eigenvalue weighted by molar-refractivity contribution is 7.99. The maximum atomic E-state index is 12.3. The lowest BCUT2D eigenvalue weighted by atomic mass is 10.0. The van der Waals surface area contributed by atoms with Crippen LogP contribution >= 0.6 is 23.1 Å². The molecule has 148 valence electrons. The monoisotopic (exact) mass is 413 g/mol. The lowest BCUT2D eigenvalue weighted by molar-refractivity contribution is -0.118. The number of para-hydroxylation sites is 1. The minimum atomic E-state index is 0.0724. The molecule has 0 fully saturated rings. The molecule has 1 N–H and O–H groups in total. The summed E-state index contributed by atoms with van der Waals surface area (Å²) in [7, 11) is 4.10. The summed E-state index contributed by atoms with van der Waals surface area (Å²) >= 11 is 3.31. The van der Waals surface area contributed by atoms with Crippen LogP contribution in [0.4, 0.5) is 0 Å². The van der Waals surface area contributed by atoms with Gasteiger partial charge in [-0.05, 0) is 43.8 Å². The van der Waals surface area contributed by atoms with Crippen LogP contribution in [0.25, 0.3) is 10.2 Å². The Balaban J connectivity index is 1.47. The number of hydrogen-bond donors (Lipinski definition) is 1. The maximum absolute atomic E-state index is 12.3. The van der Waals surface area contributed by atoms with Gasteiger partial charge in [0.05, 0.1) is 22.0 Å². The summed E-state index contributed by atoms with van der Waals surface area (Å²) in [4.78, 5) is 19.1. The number of nitrogens with one attached hydrogen (secondary N) is 1. The van der Waals surface area contributed by atoms with Crippen molar-refractivity contribution in [2.45, 2.75) is 25.1 Å². The van der Waals surface area contributed by atoms with Crippen molar-refractivity contribution in [1.82, 2.24) is 15.2 Å². The topological polar surface area (TPSA) is 45.2 Å². The maximum Gasteiger partial charge on any atom is 0.230 e. The largest absolute Gasteiger partial charge is 0.353 e. The summed E-state index contributed by atoms with van der Waals surface area (Å²) in [6, 6.07) is 17.0. The molecule has 0 saturated carbocycles. The van der Waals surface area contributed by atoms with Crippen LogP contribution in [0.1, 0.15) is 29.1 Å². The number of thioether (sulfide) groups is 1. The fraction of sp³-hybridized carbons (Fsp3) is 0.364. The Morgan fingerprint density at radius 3 is 2.61 bits per heavy atom. The molecule has 1 amide bonds. The van der Waals surface area contributed by atoms with Crippen LogP contribution in [-0.2, 0) is 17.0 Å². The summed E-state index contributed by atoms with van der Waals surface area (Å²) in [6.45, 7) is 2.77. The van der Waals surface area contributed by atoms with Gasteiger partial charge >= 0.3 is 0 Å². The quantitative estimate of drug-likeness (QED) is 0.561. The highest BCUT2D eigenvalue weighted by Crippen LogP contribution is 2.24. The molecule has 6 heteroatoms. The standard InChI is InChI=1S/C22H27N3OS2/c1-4-16-9-11-17(12-10-16)19(25(2)3)13-23-21(26)14-27-15-22-24-18-7-5-6-8-20(18)28-22/h5-12,19H,4,13-15H2,1-3H3,(H,23,26). The van der Waals surface area contributed by atoms with Gasteiger partial charge in [-0.1, -0.05) is 43.3 Å². The Morgan fingerprint density at radius 1 is 1.18 bits per heavy atom. The average Bonchev–Trinajstić information content (AvgIpc) is 3.11. The molecule has 1 unspecified atom stereocenters. The van der Waals surface area contributed by atoms with Gasteiger partial charge in [0.15, 0.2) is 0 Å². The fourth-order valence-corrected chi connectivity index (χ4v) is 4.93. The second-order valence-electron chi connectivity index (χ2n) is 6.95. The number of rotatable bonds is 9. The van der Waals surface area contributed by atoms with E-state index in [0.29, 0.717) is 12.3 Å². The lowest BCUT2D eigenvalue weighted by Crippen LogP contribution is -2.35. The van der Waals surface area contributed by atoms with Crippen LogP contribution in [0.5, 0.6) is 0 Å². The molecule has 1 atom stereocenters. The van der Waals surface area contributed by atoms with E-state index in [0.717, 1.165) is 22.7 Å². The Morgan fingerprint density at radius 2 is 1.93 bits per heavy atom. The van der Waals surface area contributed by atoms with E-state index in [2.05, 4.69) is 52.5 Å². The van der Waals surface area contributed by atoms with E-state index in [1.807, 2.05) is 32.3 Å². The van der Waals surface area contributed by atoms with Crippen molar-refractivity contribution in [1.29, 1.82) is 0 Å². The SMILES string of the molecule is CCc1ccc(C(CNC(=O)CSCc2nc3ccccc3s2)N(C)C)cc1. The van der Waals surface area contributed by atoms with E-state index in [9.17, 15) is 4.79 Å². The summed E-state index contributed by atoms with van der Waals surface area (Å²) in [5.41, 5.74) is 3.59. The van der Waals surface area contributed by atoms with E-state index in [1.54, 1.807) is 23.1 Å². The van der Waals surface area contributed by atoms with Gasteiger partial charge in [0, 0.05) is 12.3 Å². The van der Waals surface area contributed by atoms with Crippen molar-refractivity contribution in [2.24, 2.45) is 0 Å². The molecule has 28 heavy (non-hydrogen) atoms. The molecular weight excluding hydrogens is 386 g/mol. The van der Waals surface area contributed by atoms with Crippen LogP contribution < -0.4 is 5.32 Å². The zero-order valence-corrected chi connectivity index (χ0v) is 18.3. The van der Waals surface area contributed by atoms with Gasteiger partial charge in [-0.3, -0.25) is 4.79 Å². The number of hydrogen-bond acceptors (Lipinski definition) is 5. The molecule has 0 bridgehead atoms. The number of carbonyl (C=O) groups excluding carboxylic acids is 1. The predicted molar refractivity (Wildman–Crippen MR) is 121 cm³/mol. The number of nitrogens with zero attached hydrogens (tertiary/aromatic N) is 2. The van der Waals surface area contributed by atoms with Crippen LogP contribution in [0, 0.1) is 0 Å². The smallest absolute Gasteiger partial charge is 0.230 e. The molecule has 4 nitrogen and oxygen atoms in total. The number of amides is 1. The predicted octanol–water partition coefficient (Wildman–Crippen LogP) is 4.51. The molecule has 0 aliphatic heterocycles. The number of aromatic nitrogens is 1. The van der Waals surface area contributed by atoms with Crippen molar-refractivity contribution >= 4 is 39.2 Å². The number of fused-ring (bicyclic) bond motifs is 1. The number of aryl methyl sites for hydroxylation is 1. The van der Waals surface area contributed by atoms with E-state index in [-0.39, 0.29) is 11.9 Å². The lowest BCUT2D eigenvalue weighted by Gasteiger charge is -2.25. The minimum Gasteiger partial charge on any atom is -0.353 e. The van der Waals surface area contributed by atoms with Gasteiger partial charge in [-0.15, -0.1) is 23.1 Å². The second-order valence-corrected chi connectivity index (χ2v) is 9.05. The number of thiazole rings is 1. The molecule has 1 heterocycles. The normalized spacial score (nSPS) is 12.4. The average molecular weight is 414 g/mol. The van der Waals surface area contributed by atoms with E-state index in [4.69, 9.17) is 0 Å². The van der Waals surface area contributed by atoms with Crippen molar-refractivity contribution in [3.8, 4) is 0 Å². The summed E-state index contributed by atoms with van der Waals surface area (Å²) in [5.74, 6) is 1.29. The first-order chi connectivity index (χ1) is 13.6. The highest BCUT2D eigenvalue weighted by Gasteiger charge is 2.15. The van der Waals surface area contributed by atoms with Gasteiger partial charge in [-0.25, -0.2) is 4.98 Å². The van der Waals surface area contributed by atoms with Gasteiger partial charge in [-0.2, -0.15) is 0 Å². The van der Waals surface area contributed by atoms with Gasteiger partial charge in [0.25, 0.3) is 0 Å². The third-order valence-electron chi connectivity index (χ3n) is 4.69. The van der Waals surface area contributed by atoms with Gasteiger partial charge in [0.2, 0.25) is 5.91 Å². The van der Waals surface area contributed by atoms with Gasteiger partial charge in [0.1, 0.15) is 5.01 Å². The van der Waals surface area contributed by atoms with Crippen LogP contribution in [-0.4, -0.2) is 42.2 Å². The molecule has 0 spiro atoms. The van der Waals surface area contributed by atoms with Crippen LogP contribution in [0.15, 0.2) is 48.5 Å². The van der Waals surface area contributed by atoms with Crippen molar-refractivity contribution in [2.75, 3.05) is 26.4 Å². The molecule has 3 rings (SSSR count). The first-order valence-electron chi connectivity index (χ1n) is 9.51. The summed E-state index contributed by atoms with van der Waals surface area (Å²) < 4.78 is 1.20. The summed E-state index contributed by atoms with van der Waals surface area (Å²) in [6.07, 6.45) is 1.04. The second kappa shape index (κ2) is 10.0. The molecule has 0 aliphatic carbocycles. The summed E-state index contributed by atoms with van der Waals surface area (Å²) in [5, 5.41) is 4.16. The van der Waals surface area contributed by atoms with E-state index in [1.165, 1.54) is 15.8 Å². The molecule has 0 saturated heterocycles. The first-order valence-corrected chi connectivity index (χ1v) is 11.5. The highest BCUT2D eigenvalue weighted by atomic mass is 32.2. The number of carbonyl (C=O) groups is 1. The molecular formula is C22H27N3OS2. The third kappa shape index (κ3) is 5.56. The fourth-order valence-electron chi connectivity index (χ4n) is 3.05. The molecule has 1 aromatic heterocycles. The Labute approximate surface area is 175 Å².